The van der Waals surface area contributed by atoms with Gasteiger partial charge in [0.1, 0.15) is 5.82 Å². The highest BCUT2D eigenvalue weighted by Crippen LogP contribution is 2.24. The van der Waals surface area contributed by atoms with Gasteiger partial charge in [-0.2, -0.15) is 5.21 Å². The highest BCUT2D eigenvalue weighted by molar-refractivity contribution is 5.50. The van der Waals surface area contributed by atoms with E-state index in [1.807, 2.05) is 5.21 Å². The Kier molecular flexibility index (Phi) is 1.81. The second kappa shape index (κ2) is 2.77. The van der Waals surface area contributed by atoms with E-state index < -0.39 is 21.6 Å². The van der Waals surface area contributed by atoms with Gasteiger partial charge in [0.15, 0.2) is 0 Å². The van der Waals surface area contributed by atoms with Gasteiger partial charge in [-0.15, -0.1) is 5.43 Å². The fourth-order valence-electron chi connectivity index (χ4n) is 0.487. The third kappa shape index (κ3) is 1.42. The standard InChI is InChI=1S/C2HN6O4/c9-7(10)2-1(3-6-4-2)5-8(11)12/h(H-,3,4,5,6)/q-1. The molecular weight excluding hydrogens is 172 g/mol. The normalized spacial score (nSPS) is 9.33. The van der Waals surface area contributed by atoms with Crippen molar-refractivity contribution in [1.29, 1.82) is 0 Å². The number of rotatable bonds is 3. The maximum atomic E-state index is 10.1. The van der Waals surface area contributed by atoms with E-state index in [-0.39, 0.29) is 0 Å². The minimum Gasteiger partial charge on any atom is -0.358 e. The fourth-order valence-corrected chi connectivity index (χ4v) is 0.487. The summed E-state index contributed by atoms with van der Waals surface area (Å²) in [6, 6.07) is 0. The number of hydrogen-bond acceptors (Lipinski definition) is 6. The molecule has 0 bridgehead atoms. The molecule has 0 aromatic carbocycles. The number of H-pyrrole nitrogens is 1. The van der Waals surface area contributed by atoms with Crippen LogP contribution in [-0.2, 0) is 0 Å². The van der Waals surface area contributed by atoms with Gasteiger partial charge in [-0.1, -0.05) is 0 Å². The summed E-state index contributed by atoms with van der Waals surface area (Å²) >= 11 is 0. The number of hydrogen-bond donors (Lipinski definition) is 1. The molecule has 1 N–H and O–H groups in total. The van der Waals surface area contributed by atoms with Crippen molar-refractivity contribution in [1.82, 2.24) is 15.4 Å². The quantitative estimate of drug-likeness (QED) is 0.499. The molecule has 0 atom stereocenters. The summed E-state index contributed by atoms with van der Waals surface area (Å²) in [5.41, 5.74) is 2.62. The SMILES string of the molecule is O=[N+]([O-])[N-]c1n[nH]nc1[N+](=O)[O-]. The van der Waals surface area contributed by atoms with Gasteiger partial charge in [0.05, 0.1) is 10.1 Å². The van der Waals surface area contributed by atoms with Crippen molar-refractivity contribution >= 4 is 11.6 Å². The largest absolute Gasteiger partial charge is 0.394 e. The molecule has 1 heterocycles. The molecule has 1 rings (SSSR count). The van der Waals surface area contributed by atoms with Crippen molar-refractivity contribution in [3.05, 3.63) is 25.7 Å². The van der Waals surface area contributed by atoms with Crippen LogP contribution in [0.4, 0.5) is 11.6 Å². The molecule has 0 amide bonds. The minimum absolute atomic E-state index is 0.648. The zero-order chi connectivity index (χ0) is 9.14. The van der Waals surface area contributed by atoms with Gasteiger partial charge in [0.25, 0.3) is 0 Å². The predicted octanol–water partition coefficient (Wildman–Crippen LogP) is -0.0902. The van der Waals surface area contributed by atoms with Crippen molar-refractivity contribution in [3.63, 3.8) is 0 Å². The average Bonchev–Trinajstić information content (AvgIpc) is 2.33. The van der Waals surface area contributed by atoms with Crippen LogP contribution >= 0.6 is 0 Å². The van der Waals surface area contributed by atoms with Crippen LogP contribution in [0.25, 0.3) is 5.43 Å². The number of nitrogens with one attached hydrogen (secondary N) is 1. The summed E-state index contributed by atoms with van der Waals surface area (Å²) in [5, 5.41) is 26.7. The Morgan fingerprint density at radius 3 is 2.50 bits per heavy atom. The summed E-state index contributed by atoms with van der Waals surface area (Å²) in [6.07, 6.45) is 0. The first-order chi connectivity index (χ1) is 5.61. The predicted molar refractivity (Wildman–Crippen MR) is 33.1 cm³/mol. The van der Waals surface area contributed by atoms with Crippen LogP contribution < -0.4 is 0 Å². The second-order valence-electron chi connectivity index (χ2n) is 1.57. The van der Waals surface area contributed by atoms with Crippen LogP contribution in [0.5, 0.6) is 0 Å². The third-order valence-electron chi connectivity index (χ3n) is 0.861. The highest BCUT2D eigenvalue weighted by Gasteiger charge is 2.14. The van der Waals surface area contributed by atoms with E-state index in [1.165, 1.54) is 0 Å². The molecule has 0 aliphatic rings. The van der Waals surface area contributed by atoms with Gasteiger partial charge >= 0.3 is 5.82 Å². The highest BCUT2D eigenvalue weighted by atomic mass is 16.7. The Morgan fingerprint density at radius 2 is 2.00 bits per heavy atom. The Hall–Kier alpha value is -2.26. The van der Waals surface area contributed by atoms with Gasteiger partial charge in [0.2, 0.25) is 0 Å². The van der Waals surface area contributed by atoms with Crippen LogP contribution in [0.2, 0.25) is 0 Å². The molecule has 0 saturated heterocycles. The van der Waals surface area contributed by atoms with Crippen LogP contribution in [-0.4, -0.2) is 25.4 Å². The first-order valence-corrected chi connectivity index (χ1v) is 2.52. The lowest BCUT2D eigenvalue weighted by Crippen LogP contribution is -1.92. The second-order valence-corrected chi connectivity index (χ2v) is 1.57. The number of aromatic nitrogens is 3. The molecular formula is C2HN6O4-. The molecule has 0 radical (unpaired) electrons. The molecule has 0 saturated carbocycles. The zero-order valence-corrected chi connectivity index (χ0v) is 5.37. The van der Waals surface area contributed by atoms with Gasteiger partial charge in [-0.05, 0) is 4.92 Å². The Bertz CT molecular complexity index is 317. The van der Waals surface area contributed by atoms with E-state index in [2.05, 4.69) is 15.6 Å². The molecule has 10 nitrogen and oxygen atoms in total. The summed E-state index contributed by atoms with van der Waals surface area (Å²) < 4.78 is 0. The maximum Gasteiger partial charge on any atom is 0.394 e. The molecule has 0 unspecified atom stereocenters. The fraction of sp³-hybridized carbons (Fsp3) is 0. The van der Waals surface area contributed by atoms with E-state index >= 15 is 0 Å². The van der Waals surface area contributed by atoms with Gasteiger partial charge in [-0.3, -0.25) is 10.1 Å². The van der Waals surface area contributed by atoms with Gasteiger partial charge in [0, 0.05) is 0 Å². The van der Waals surface area contributed by atoms with Crippen LogP contribution in [0.3, 0.4) is 0 Å². The molecule has 0 aliphatic carbocycles. The van der Waals surface area contributed by atoms with Crippen LogP contribution in [0.1, 0.15) is 0 Å². The van der Waals surface area contributed by atoms with E-state index in [1.54, 1.807) is 0 Å². The Labute approximate surface area is 63.8 Å². The van der Waals surface area contributed by atoms with Gasteiger partial charge < -0.3 is 15.2 Å². The lowest BCUT2D eigenvalue weighted by atomic mass is 10.7. The topological polar surface area (TPSA) is 142 Å². The van der Waals surface area contributed by atoms with Crippen molar-refractivity contribution in [3.8, 4) is 0 Å². The lowest BCUT2D eigenvalue weighted by Gasteiger charge is -1.96. The number of nitrogens with zero attached hydrogens (tertiary/aromatic N) is 5. The first kappa shape index (κ1) is 7.84. The van der Waals surface area contributed by atoms with Crippen LogP contribution in [0, 0.1) is 20.2 Å². The van der Waals surface area contributed by atoms with E-state index in [4.69, 9.17) is 0 Å². The zero-order valence-electron chi connectivity index (χ0n) is 5.37. The molecule has 10 heteroatoms. The molecule has 0 spiro atoms. The smallest absolute Gasteiger partial charge is 0.358 e. The van der Waals surface area contributed by atoms with Crippen LogP contribution in [0.15, 0.2) is 0 Å². The molecule has 0 aliphatic heterocycles. The summed E-state index contributed by atoms with van der Waals surface area (Å²) in [4.78, 5) is 18.9. The van der Waals surface area contributed by atoms with Crippen molar-refractivity contribution < 1.29 is 9.96 Å². The lowest BCUT2D eigenvalue weighted by molar-refractivity contribution is -0.422. The average molecular weight is 173 g/mol. The van der Waals surface area contributed by atoms with E-state index in [0.717, 1.165) is 0 Å². The van der Waals surface area contributed by atoms with Crippen molar-refractivity contribution in [2.24, 2.45) is 0 Å². The van der Waals surface area contributed by atoms with E-state index in [9.17, 15) is 20.2 Å². The minimum atomic E-state index is -1.09. The maximum absolute atomic E-state index is 10.1. The molecule has 0 fully saturated rings. The first-order valence-electron chi connectivity index (χ1n) is 2.52. The Balaban J connectivity index is 2.91. The van der Waals surface area contributed by atoms with E-state index in [0.29, 0.717) is 0 Å². The number of nitro groups is 2. The molecule has 12 heavy (non-hydrogen) atoms. The monoisotopic (exact) mass is 173 g/mol. The number of aromatic amines is 1. The summed E-state index contributed by atoms with van der Waals surface area (Å²) in [5.74, 6) is -1.42. The summed E-state index contributed by atoms with van der Waals surface area (Å²) in [6.45, 7) is 0. The van der Waals surface area contributed by atoms with Crippen molar-refractivity contribution in [2.45, 2.75) is 0 Å². The molecule has 64 valence electrons. The molecule has 1 aromatic heterocycles. The van der Waals surface area contributed by atoms with Gasteiger partial charge in [-0.25, -0.2) is 0 Å². The summed E-state index contributed by atoms with van der Waals surface area (Å²) in [7, 11) is 0. The third-order valence-corrected chi connectivity index (χ3v) is 0.861. The molecule has 1 aromatic rings. The van der Waals surface area contributed by atoms with Crippen molar-refractivity contribution in [2.75, 3.05) is 0 Å². The Morgan fingerprint density at radius 1 is 1.33 bits per heavy atom.